The summed E-state index contributed by atoms with van der Waals surface area (Å²) in [5, 5.41) is 25.2. The third-order valence-corrected chi connectivity index (χ3v) is 4.64. The van der Waals surface area contributed by atoms with Crippen molar-refractivity contribution >= 4 is 29.0 Å². The maximum Gasteiger partial charge on any atom is 0.401 e. The number of aliphatic carboxylic acids is 2. The van der Waals surface area contributed by atoms with Crippen LogP contribution in [0.4, 0.5) is 4.79 Å². The highest BCUT2D eigenvalue weighted by Crippen LogP contribution is 2.44. The Morgan fingerprint density at radius 3 is 2.09 bits per heavy atom. The molecular formula is C23H30ClN3O6. The zero-order valence-electron chi connectivity index (χ0n) is 18.6. The Morgan fingerprint density at radius 2 is 1.73 bits per heavy atom. The predicted molar refractivity (Wildman–Crippen MR) is 125 cm³/mol. The van der Waals surface area contributed by atoms with Crippen molar-refractivity contribution in [2.24, 2.45) is 5.73 Å². The molecule has 10 heteroatoms. The molecule has 0 amide bonds. The molecule has 2 rings (SSSR count). The fourth-order valence-corrected chi connectivity index (χ4v) is 3.21. The number of aromatic nitrogens is 2. The molecule has 33 heavy (non-hydrogen) atoms. The summed E-state index contributed by atoms with van der Waals surface area (Å²) >= 11 is 4.19. The fourth-order valence-electron chi connectivity index (χ4n) is 3.21. The number of carbonyl (C=O) groups is 3. The quantitative estimate of drug-likeness (QED) is 0.303. The van der Waals surface area contributed by atoms with Crippen LogP contribution in [0.1, 0.15) is 50.3 Å². The monoisotopic (exact) mass is 479 g/mol. The second-order valence-corrected chi connectivity index (χ2v) is 7.31. The highest BCUT2D eigenvalue weighted by molar-refractivity contribution is 6.60. The van der Waals surface area contributed by atoms with Gasteiger partial charge in [-0.15, -0.1) is 6.58 Å². The van der Waals surface area contributed by atoms with E-state index in [1.807, 2.05) is 30.3 Å². The molecule has 0 radical (unpaired) electrons. The molecular weight excluding hydrogens is 450 g/mol. The largest absolute Gasteiger partial charge is 0.481 e. The van der Waals surface area contributed by atoms with Crippen molar-refractivity contribution in [3.05, 3.63) is 72.8 Å². The van der Waals surface area contributed by atoms with E-state index < -0.39 is 28.8 Å². The molecule has 0 aliphatic carbocycles. The molecule has 180 valence electrons. The van der Waals surface area contributed by atoms with Crippen molar-refractivity contribution in [3.63, 3.8) is 0 Å². The maximum absolute atomic E-state index is 12.4. The molecule has 0 aliphatic heterocycles. The summed E-state index contributed by atoms with van der Waals surface area (Å²) in [5.74, 6) is -2.08. The number of nitrogens with two attached hydrogens (primary N) is 1. The third-order valence-electron chi connectivity index (χ3n) is 4.64. The second-order valence-electron chi connectivity index (χ2n) is 6.99. The Kier molecular flexibility index (Phi) is 13.9. The summed E-state index contributed by atoms with van der Waals surface area (Å²) < 4.78 is 0. The van der Waals surface area contributed by atoms with Crippen LogP contribution >= 0.6 is 11.6 Å². The Balaban J connectivity index is 0.000000860. The van der Waals surface area contributed by atoms with E-state index in [2.05, 4.69) is 35.1 Å². The van der Waals surface area contributed by atoms with E-state index in [1.165, 1.54) is 6.92 Å². The predicted octanol–water partition coefficient (Wildman–Crippen LogP) is 4.28. The number of hydrogen-bond donors (Lipinski definition) is 4. The lowest BCUT2D eigenvalue weighted by Crippen LogP contribution is -2.42. The van der Waals surface area contributed by atoms with Crippen LogP contribution in [0, 0.1) is 0 Å². The van der Waals surface area contributed by atoms with Gasteiger partial charge in [-0.1, -0.05) is 49.8 Å². The Labute approximate surface area is 198 Å². The lowest BCUT2D eigenvalue weighted by molar-refractivity contribution is -0.145. The number of halogens is 1. The molecule has 9 nitrogen and oxygen atoms in total. The van der Waals surface area contributed by atoms with Crippen LogP contribution in [-0.4, -0.2) is 48.7 Å². The van der Waals surface area contributed by atoms with Crippen molar-refractivity contribution < 1.29 is 29.7 Å². The average Bonchev–Trinajstić information content (AvgIpc) is 2.77. The number of allylic oxidation sites excluding steroid dienone is 1. The van der Waals surface area contributed by atoms with Gasteiger partial charge in [0, 0.05) is 36.1 Å². The topological polar surface area (TPSA) is 164 Å². The zero-order valence-corrected chi connectivity index (χ0v) is 19.4. The second kappa shape index (κ2) is 15.5. The zero-order chi connectivity index (χ0) is 25.4. The standard InChI is InChI=1S/C19H22N2O2.C3H7NO2.CHClO2/c1-3-8-16(17-14-20-12-13-21-17)19(11-4-2,18(22)23)15-9-6-5-7-10-15;1-2(4)3(5)6;2-1(3)4/h4-7,9-10,12-14,16H,2-3,8,11H2,1H3,(H,22,23);2H,4H2,1H3,(H,5,6);(H,3,4)/t;2-;/m.0./s1. The maximum atomic E-state index is 12.4. The molecule has 5 N–H and O–H groups in total. The summed E-state index contributed by atoms with van der Waals surface area (Å²) in [6.07, 6.45) is 8.49. The summed E-state index contributed by atoms with van der Waals surface area (Å²) in [5.41, 5.74) is 3.87. The molecule has 0 saturated heterocycles. The molecule has 0 aliphatic rings. The summed E-state index contributed by atoms with van der Waals surface area (Å²) in [6.45, 7) is 7.26. The molecule has 1 aromatic heterocycles. The van der Waals surface area contributed by atoms with Crippen LogP contribution in [0.3, 0.4) is 0 Å². The highest BCUT2D eigenvalue weighted by atomic mass is 35.5. The first-order chi connectivity index (χ1) is 15.5. The van der Waals surface area contributed by atoms with Gasteiger partial charge in [0.15, 0.2) is 0 Å². The van der Waals surface area contributed by atoms with Crippen LogP contribution < -0.4 is 5.73 Å². The summed E-state index contributed by atoms with van der Waals surface area (Å²) in [7, 11) is 0. The first-order valence-electron chi connectivity index (χ1n) is 10.1. The SMILES string of the molecule is C=CCC(C(=O)O)(c1ccccc1)C(CCC)c1cnccn1.C[C@H](N)C(=O)O.O=C(O)Cl. The lowest BCUT2D eigenvalue weighted by Gasteiger charge is -2.36. The normalized spacial score (nSPS) is 13.5. The first-order valence-corrected chi connectivity index (χ1v) is 10.4. The van der Waals surface area contributed by atoms with Crippen LogP contribution in [0.2, 0.25) is 0 Å². The Bertz CT molecular complexity index is 876. The summed E-state index contributed by atoms with van der Waals surface area (Å²) in [4.78, 5) is 39.3. The Hall–Kier alpha value is -3.30. The molecule has 0 fully saturated rings. The molecule has 2 unspecified atom stereocenters. The number of hydrogen-bond acceptors (Lipinski definition) is 6. The Morgan fingerprint density at radius 1 is 1.18 bits per heavy atom. The first kappa shape index (κ1) is 29.7. The molecule has 3 atom stereocenters. The number of rotatable bonds is 9. The van der Waals surface area contributed by atoms with Crippen LogP contribution in [-0.2, 0) is 15.0 Å². The van der Waals surface area contributed by atoms with E-state index in [1.54, 1.807) is 24.7 Å². The average molecular weight is 480 g/mol. The van der Waals surface area contributed by atoms with Gasteiger partial charge in [-0.25, -0.2) is 4.79 Å². The van der Waals surface area contributed by atoms with Gasteiger partial charge in [0.2, 0.25) is 0 Å². The van der Waals surface area contributed by atoms with E-state index in [0.717, 1.165) is 12.0 Å². The highest BCUT2D eigenvalue weighted by Gasteiger charge is 2.47. The van der Waals surface area contributed by atoms with Crippen LogP contribution in [0.15, 0.2) is 61.6 Å². The molecule has 2 aromatic rings. The molecule has 1 aromatic carbocycles. The van der Waals surface area contributed by atoms with Crippen molar-refractivity contribution in [2.75, 3.05) is 0 Å². The third kappa shape index (κ3) is 9.80. The van der Waals surface area contributed by atoms with Gasteiger partial charge in [-0.2, -0.15) is 0 Å². The smallest absolute Gasteiger partial charge is 0.401 e. The molecule has 1 heterocycles. The molecule has 0 spiro atoms. The number of nitrogens with zero attached hydrogens (tertiary/aromatic N) is 2. The van der Waals surface area contributed by atoms with E-state index in [-0.39, 0.29) is 5.92 Å². The fraction of sp³-hybridized carbons (Fsp3) is 0.348. The van der Waals surface area contributed by atoms with E-state index in [9.17, 15) is 14.7 Å². The van der Waals surface area contributed by atoms with Crippen molar-refractivity contribution in [3.8, 4) is 0 Å². The van der Waals surface area contributed by atoms with E-state index in [4.69, 9.17) is 20.7 Å². The van der Waals surface area contributed by atoms with Crippen LogP contribution in [0.5, 0.6) is 0 Å². The van der Waals surface area contributed by atoms with Gasteiger partial charge in [-0.05, 0) is 25.3 Å². The van der Waals surface area contributed by atoms with E-state index >= 15 is 0 Å². The number of benzene rings is 1. The van der Waals surface area contributed by atoms with Crippen molar-refractivity contribution in [1.82, 2.24) is 9.97 Å². The van der Waals surface area contributed by atoms with Gasteiger partial charge >= 0.3 is 17.4 Å². The lowest BCUT2D eigenvalue weighted by atomic mass is 9.65. The van der Waals surface area contributed by atoms with Gasteiger partial charge < -0.3 is 21.1 Å². The minimum atomic E-state index is -1.36. The number of carboxylic acids is 2. The summed E-state index contributed by atoms with van der Waals surface area (Å²) in [6, 6.07) is 8.64. The minimum absolute atomic E-state index is 0.265. The van der Waals surface area contributed by atoms with Gasteiger partial charge in [0.25, 0.3) is 0 Å². The van der Waals surface area contributed by atoms with Crippen LogP contribution in [0.25, 0.3) is 0 Å². The van der Waals surface area contributed by atoms with Gasteiger partial charge in [-0.3, -0.25) is 19.6 Å². The van der Waals surface area contributed by atoms with Gasteiger partial charge in [0.05, 0.1) is 5.69 Å². The van der Waals surface area contributed by atoms with Gasteiger partial charge in [0.1, 0.15) is 11.5 Å². The number of carboxylic acid groups (broad SMARTS) is 3. The molecule has 0 bridgehead atoms. The minimum Gasteiger partial charge on any atom is -0.481 e. The van der Waals surface area contributed by atoms with Crippen molar-refractivity contribution in [1.29, 1.82) is 0 Å². The van der Waals surface area contributed by atoms with Crippen molar-refractivity contribution in [2.45, 2.75) is 50.5 Å². The van der Waals surface area contributed by atoms with E-state index in [0.29, 0.717) is 18.5 Å². The molecule has 0 saturated carbocycles.